The molecule has 0 bridgehead atoms. The second kappa shape index (κ2) is 8.99. The van der Waals surface area contributed by atoms with Crippen LogP contribution in [0.5, 0.6) is 5.75 Å². The first-order chi connectivity index (χ1) is 14.1. The molecule has 0 radical (unpaired) electrons. The van der Waals surface area contributed by atoms with E-state index in [0.717, 1.165) is 37.0 Å². The van der Waals surface area contributed by atoms with E-state index in [-0.39, 0.29) is 12.4 Å². The van der Waals surface area contributed by atoms with E-state index >= 15 is 0 Å². The van der Waals surface area contributed by atoms with Crippen molar-refractivity contribution < 1.29 is 14.2 Å². The highest BCUT2D eigenvalue weighted by Crippen LogP contribution is 2.32. The first kappa shape index (κ1) is 20.0. The van der Waals surface area contributed by atoms with Crippen molar-refractivity contribution in [3.63, 3.8) is 0 Å². The van der Waals surface area contributed by atoms with Gasteiger partial charge in [0, 0.05) is 38.1 Å². The number of para-hydroxylation sites is 1. The van der Waals surface area contributed by atoms with Crippen molar-refractivity contribution in [3.8, 4) is 5.75 Å². The Balaban J connectivity index is 1.28. The highest BCUT2D eigenvalue weighted by Gasteiger charge is 2.21. The van der Waals surface area contributed by atoms with E-state index in [1.54, 1.807) is 12.1 Å². The van der Waals surface area contributed by atoms with Crippen LogP contribution in [0.3, 0.4) is 0 Å². The first-order valence-electron chi connectivity index (χ1n) is 9.82. The molecule has 0 saturated carbocycles. The molecule has 0 unspecified atom stereocenters. The standard InChI is InChI=1S/C23H24ClFN2O2/c24-23-19-6-2-1-5-17(19)9-10-22(23)29-16-18(28)15-26-11-13-27(14-12-26)21-8-4-3-7-20(21)25/h1-10,18,28H,11-16H2/t18-/m0/s1. The molecule has 1 fully saturated rings. The molecule has 4 nitrogen and oxygen atoms in total. The third-order valence-electron chi connectivity index (χ3n) is 5.29. The number of benzene rings is 3. The Hall–Kier alpha value is -2.34. The van der Waals surface area contributed by atoms with Crippen LogP contribution >= 0.6 is 11.6 Å². The second-order valence-electron chi connectivity index (χ2n) is 7.30. The van der Waals surface area contributed by atoms with Crippen LogP contribution in [-0.4, -0.2) is 55.4 Å². The van der Waals surface area contributed by atoms with Gasteiger partial charge >= 0.3 is 0 Å². The molecule has 4 rings (SSSR count). The zero-order chi connectivity index (χ0) is 20.2. The third-order valence-corrected chi connectivity index (χ3v) is 5.68. The summed E-state index contributed by atoms with van der Waals surface area (Å²) in [5.41, 5.74) is 0.641. The van der Waals surface area contributed by atoms with E-state index in [4.69, 9.17) is 16.3 Å². The molecule has 0 aromatic heterocycles. The fourth-order valence-electron chi connectivity index (χ4n) is 3.74. The summed E-state index contributed by atoms with van der Waals surface area (Å²) in [5.74, 6) is 0.385. The normalized spacial score (nSPS) is 16.2. The van der Waals surface area contributed by atoms with Crippen molar-refractivity contribution in [3.05, 3.63) is 71.5 Å². The van der Waals surface area contributed by atoms with Crippen LogP contribution in [0.4, 0.5) is 10.1 Å². The number of anilines is 1. The average molecular weight is 415 g/mol. The predicted molar refractivity (Wildman–Crippen MR) is 116 cm³/mol. The Morgan fingerprint density at radius 3 is 2.48 bits per heavy atom. The molecule has 1 heterocycles. The number of hydrogen-bond acceptors (Lipinski definition) is 4. The van der Waals surface area contributed by atoms with Gasteiger partial charge in [-0.3, -0.25) is 4.90 Å². The van der Waals surface area contributed by atoms with Gasteiger partial charge < -0.3 is 14.7 Å². The summed E-state index contributed by atoms with van der Waals surface area (Å²) in [7, 11) is 0. The number of β-amino-alcohol motifs (C(OH)–C–C–N with tert-alkyl or cyclic N) is 1. The number of piperazine rings is 1. The van der Waals surface area contributed by atoms with Crippen LogP contribution in [-0.2, 0) is 0 Å². The summed E-state index contributed by atoms with van der Waals surface area (Å²) in [6.07, 6.45) is -0.627. The fraction of sp³-hybridized carbons (Fsp3) is 0.304. The summed E-state index contributed by atoms with van der Waals surface area (Å²) in [6, 6.07) is 18.5. The average Bonchev–Trinajstić information content (AvgIpc) is 2.74. The molecule has 1 atom stereocenters. The van der Waals surface area contributed by atoms with Gasteiger partial charge in [0.05, 0.1) is 10.7 Å². The minimum Gasteiger partial charge on any atom is -0.489 e. The quantitative estimate of drug-likeness (QED) is 0.656. The number of aliphatic hydroxyl groups excluding tert-OH is 1. The van der Waals surface area contributed by atoms with E-state index in [2.05, 4.69) is 4.90 Å². The molecule has 6 heteroatoms. The largest absolute Gasteiger partial charge is 0.489 e. The topological polar surface area (TPSA) is 35.9 Å². The monoisotopic (exact) mass is 414 g/mol. The summed E-state index contributed by atoms with van der Waals surface area (Å²) >= 11 is 6.45. The van der Waals surface area contributed by atoms with Crippen LogP contribution in [0, 0.1) is 5.82 Å². The van der Waals surface area contributed by atoms with Crippen molar-refractivity contribution in [2.75, 3.05) is 44.2 Å². The Morgan fingerprint density at radius 1 is 0.966 bits per heavy atom. The van der Waals surface area contributed by atoms with Crippen LogP contribution < -0.4 is 9.64 Å². The van der Waals surface area contributed by atoms with E-state index in [1.807, 2.05) is 47.4 Å². The van der Waals surface area contributed by atoms with Crippen molar-refractivity contribution in [1.82, 2.24) is 4.90 Å². The Labute approximate surface area is 175 Å². The molecule has 0 spiro atoms. The van der Waals surface area contributed by atoms with Gasteiger partial charge in [-0.05, 0) is 23.6 Å². The predicted octanol–water partition coefficient (Wildman–Crippen LogP) is 4.19. The Bertz CT molecular complexity index is 976. The zero-order valence-corrected chi connectivity index (χ0v) is 16.9. The number of nitrogens with zero attached hydrogens (tertiary/aromatic N) is 2. The summed E-state index contributed by atoms with van der Waals surface area (Å²) < 4.78 is 19.7. The van der Waals surface area contributed by atoms with Crippen LogP contribution in [0.25, 0.3) is 10.8 Å². The first-order valence-corrected chi connectivity index (χ1v) is 10.2. The lowest BCUT2D eigenvalue weighted by molar-refractivity contribution is 0.0663. The van der Waals surface area contributed by atoms with Crippen molar-refractivity contribution in [2.45, 2.75) is 6.10 Å². The maximum atomic E-state index is 14.0. The summed E-state index contributed by atoms with van der Waals surface area (Å²) in [5, 5.41) is 13.0. The minimum absolute atomic E-state index is 0.172. The van der Waals surface area contributed by atoms with Gasteiger partial charge in [-0.15, -0.1) is 0 Å². The van der Waals surface area contributed by atoms with Crippen LogP contribution in [0.2, 0.25) is 5.02 Å². The maximum Gasteiger partial charge on any atom is 0.146 e. The molecule has 3 aromatic carbocycles. The molecule has 1 aliphatic rings. The van der Waals surface area contributed by atoms with Crippen LogP contribution in [0.15, 0.2) is 60.7 Å². The number of hydrogen-bond donors (Lipinski definition) is 1. The van der Waals surface area contributed by atoms with Crippen molar-refractivity contribution >= 4 is 28.1 Å². The van der Waals surface area contributed by atoms with Gasteiger partial charge in [-0.25, -0.2) is 4.39 Å². The molecule has 0 aliphatic carbocycles. The number of halogens is 2. The van der Waals surface area contributed by atoms with Gasteiger partial charge in [0.1, 0.15) is 24.3 Å². The van der Waals surface area contributed by atoms with E-state index in [0.29, 0.717) is 23.0 Å². The lowest BCUT2D eigenvalue weighted by atomic mass is 10.1. The molecular weight excluding hydrogens is 391 g/mol. The SMILES string of the molecule is O[C@H](COc1ccc2ccccc2c1Cl)CN1CCN(c2ccccc2F)CC1. The Morgan fingerprint density at radius 2 is 1.69 bits per heavy atom. The Kier molecular flexibility index (Phi) is 6.19. The zero-order valence-electron chi connectivity index (χ0n) is 16.1. The van der Waals surface area contributed by atoms with Gasteiger partial charge in [0.2, 0.25) is 0 Å². The smallest absolute Gasteiger partial charge is 0.146 e. The van der Waals surface area contributed by atoms with E-state index in [9.17, 15) is 9.50 Å². The summed E-state index contributed by atoms with van der Waals surface area (Å²) in [6.45, 7) is 3.67. The summed E-state index contributed by atoms with van der Waals surface area (Å²) in [4.78, 5) is 4.22. The highest BCUT2D eigenvalue weighted by molar-refractivity contribution is 6.37. The minimum atomic E-state index is -0.627. The van der Waals surface area contributed by atoms with E-state index in [1.165, 1.54) is 6.07 Å². The lowest BCUT2D eigenvalue weighted by Crippen LogP contribution is -2.49. The highest BCUT2D eigenvalue weighted by atomic mass is 35.5. The lowest BCUT2D eigenvalue weighted by Gasteiger charge is -2.36. The van der Waals surface area contributed by atoms with Crippen molar-refractivity contribution in [1.29, 1.82) is 0 Å². The molecule has 1 saturated heterocycles. The van der Waals surface area contributed by atoms with Gasteiger partial charge in [0.15, 0.2) is 0 Å². The van der Waals surface area contributed by atoms with Gasteiger partial charge in [-0.1, -0.05) is 54.1 Å². The molecule has 0 amide bonds. The van der Waals surface area contributed by atoms with Crippen LogP contribution in [0.1, 0.15) is 0 Å². The third kappa shape index (κ3) is 4.64. The number of aliphatic hydroxyl groups is 1. The number of rotatable bonds is 6. The number of fused-ring (bicyclic) bond motifs is 1. The molecule has 152 valence electrons. The van der Waals surface area contributed by atoms with Gasteiger partial charge in [-0.2, -0.15) is 0 Å². The molecule has 3 aromatic rings. The molecule has 1 N–H and O–H groups in total. The molecule has 29 heavy (non-hydrogen) atoms. The number of ether oxygens (including phenoxy) is 1. The second-order valence-corrected chi connectivity index (χ2v) is 7.68. The molecule has 1 aliphatic heterocycles. The van der Waals surface area contributed by atoms with Crippen molar-refractivity contribution in [2.24, 2.45) is 0 Å². The maximum absolute atomic E-state index is 14.0. The van der Waals surface area contributed by atoms with Gasteiger partial charge in [0.25, 0.3) is 0 Å². The fourth-order valence-corrected chi connectivity index (χ4v) is 4.03. The van der Waals surface area contributed by atoms with E-state index < -0.39 is 6.10 Å². The molecular formula is C23H24ClFN2O2.